The molecule has 1 amide bonds. The molecule has 2 atom stereocenters. The summed E-state index contributed by atoms with van der Waals surface area (Å²) in [4.78, 5) is 14.1. The van der Waals surface area contributed by atoms with Crippen LogP contribution in [0.4, 0.5) is 13.2 Å². The Labute approximate surface area is 136 Å². The van der Waals surface area contributed by atoms with Crippen molar-refractivity contribution < 1.29 is 26.4 Å². The van der Waals surface area contributed by atoms with Crippen molar-refractivity contribution in [2.75, 3.05) is 27.2 Å². The third-order valence-electron chi connectivity index (χ3n) is 3.95. The number of aryl methyl sites for hydroxylation is 1. The van der Waals surface area contributed by atoms with Crippen LogP contribution in [0.2, 0.25) is 0 Å². The molecule has 1 fully saturated rings. The zero-order valence-electron chi connectivity index (χ0n) is 12.8. The summed E-state index contributed by atoms with van der Waals surface area (Å²) in [6.45, 7) is 0.595. The summed E-state index contributed by atoms with van der Waals surface area (Å²) in [5, 5.41) is -0.00566. The first kappa shape index (κ1) is 18.2. The first-order valence-electron chi connectivity index (χ1n) is 6.77. The van der Waals surface area contributed by atoms with Gasteiger partial charge in [-0.25, -0.2) is 12.7 Å². The van der Waals surface area contributed by atoms with Crippen LogP contribution in [0.15, 0.2) is 11.4 Å². The van der Waals surface area contributed by atoms with E-state index in [4.69, 9.17) is 0 Å². The van der Waals surface area contributed by atoms with Crippen molar-refractivity contribution in [2.24, 2.45) is 5.92 Å². The molecule has 1 aliphatic heterocycles. The average Bonchev–Trinajstić information content (AvgIpc) is 3.03. The molecule has 0 unspecified atom stereocenters. The van der Waals surface area contributed by atoms with Crippen LogP contribution in [0.3, 0.4) is 0 Å². The number of hydrogen-bond donors (Lipinski definition) is 0. The molecule has 0 aromatic carbocycles. The number of likely N-dealkylation sites (tertiary alicyclic amines) is 1. The lowest BCUT2D eigenvalue weighted by atomic mass is 10.1. The molecule has 1 aliphatic rings. The molecule has 5 nitrogen and oxygen atoms in total. The molecule has 0 radical (unpaired) electrons. The van der Waals surface area contributed by atoms with Gasteiger partial charge in [0.05, 0.1) is 11.5 Å². The van der Waals surface area contributed by atoms with Gasteiger partial charge in [-0.1, -0.05) is 0 Å². The van der Waals surface area contributed by atoms with Crippen molar-refractivity contribution in [1.82, 2.24) is 9.21 Å². The lowest BCUT2D eigenvalue weighted by molar-refractivity contribution is -0.169. The van der Waals surface area contributed by atoms with Gasteiger partial charge in [0.15, 0.2) is 0 Å². The molecule has 0 bridgehead atoms. The molecule has 10 heteroatoms. The van der Waals surface area contributed by atoms with Crippen molar-refractivity contribution in [2.45, 2.75) is 18.3 Å². The van der Waals surface area contributed by atoms with E-state index in [9.17, 15) is 26.4 Å². The maximum Gasteiger partial charge on any atom is 0.394 e. The van der Waals surface area contributed by atoms with E-state index in [0.717, 1.165) is 9.21 Å². The predicted octanol–water partition coefficient (Wildman–Crippen LogP) is 1.95. The Kier molecular flexibility index (Phi) is 4.80. The van der Waals surface area contributed by atoms with Gasteiger partial charge in [0.1, 0.15) is 5.25 Å². The number of carbonyl (C=O) groups excluding carboxylic acids is 1. The van der Waals surface area contributed by atoms with Crippen LogP contribution in [-0.4, -0.2) is 62.1 Å². The largest absolute Gasteiger partial charge is 0.394 e. The zero-order valence-corrected chi connectivity index (χ0v) is 14.4. The van der Waals surface area contributed by atoms with Crippen molar-refractivity contribution >= 4 is 27.3 Å². The Morgan fingerprint density at radius 1 is 1.35 bits per heavy atom. The van der Waals surface area contributed by atoms with Gasteiger partial charge >= 0.3 is 6.18 Å². The van der Waals surface area contributed by atoms with Gasteiger partial charge in [0, 0.05) is 32.1 Å². The minimum atomic E-state index is -4.69. The van der Waals surface area contributed by atoms with E-state index in [-0.39, 0.29) is 0 Å². The molecular weight excluding hydrogens is 353 g/mol. The summed E-state index contributed by atoms with van der Waals surface area (Å²) < 4.78 is 64.9. The Balaban J connectivity index is 2.34. The van der Waals surface area contributed by atoms with Crippen molar-refractivity contribution in [1.29, 1.82) is 0 Å². The molecule has 0 N–H and O–H groups in total. The second-order valence-electron chi connectivity index (χ2n) is 5.61. The van der Waals surface area contributed by atoms with Crippen LogP contribution in [-0.2, 0) is 10.0 Å². The summed E-state index contributed by atoms with van der Waals surface area (Å²) in [6, 6.07) is 1.54. The third kappa shape index (κ3) is 3.38. The lowest BCUT2D eigenvalue weighted by Gasteiger charge is -2.23. The number of sulfonamides is 1. The molecule has 1 saturated heterocycles. The minimum absolute atomic E-state index is 0.318. The van der Waals surface area contributed by atoms with Crippen LogP contribution in [0, 0.1) is 12.8 Å². The van der Waals surface area contributed by atoms with Crippen molar-refractivity contribution in [3.8, 4) is 0 Å². The second kappa shape index (κ2) is 6.06. The van der Waals surface area contributed by atoms with E-state index in [1.165, 1.54) is 25.4 Å². The molecule has 0 spiro atoms. The van der Waals surface area contributed by atoms with Crippen molar-refractivity contribution in [3.63, 3.8) is 0 Å². The summed E-state index contributed by atoms with van der Waals surface area (Å²) in [6.07, 6.45) is -4.69. The normalized spacial score (nSPS) is 22.8. The standard InChI is InChI=1S/C13H17F3N2O3S2/c1-8-9(4-5-22-8)12(19)18-6-10(13(14,15)16)11(7-18)23(20,21)17(2)3/h4-5,10-11H,6-7H2,1-3H3/t10-,11-/m1/s1. The van der Waals surface area contributed by atoms with Gasteiger partial charge in [0.25, 0.3) is 5.91 Å². The van der Waals surface area contributed by atoms with Crippen LogP contribution in [0.25, 0.3) is 0 Å². The number of nitrogens with zero attached hydrogens (tertiary/aromatic N) is 2. The molecule has 2 rings (SSSR count). The predicted molar refractivity (Wildman–Crippen MR) is 80.9 cm³/mol. The summed E-state index contributed by atoms with van der Waals surface area (Å²) >= 11 is 1.31. The Morgan fingerprint density at radius 2 is 1.96 bits per heavy atom. The molecule has 0 saturated carbocycles. The van der Waals surface area contributed by atoms with Crippen molar-refractivity contribution in [3.05, 3.63) is 21.9 Å². The summed E-state index contributed by atoms with van der Waals surface area (Å²) in [5.74, 6) is -2.65. The second-order valence-corrected chi connectivity index (χ2v) is 9.10. The van der Waals surface area contributed by atoms with Gasteiger partial charge in [-0.2, -0.15) is 13.2 Å². The number of rotatable bonds is 3. The summed E-state index contributed by atoms with van der Waals surface area (Å²) in [7, 11) is -1.75. The van der Waals surface area contributed by atoms with Gasteiger partial charge in [-0.05, 0) is 18.4 Å². The topological polar surface area (TPSA) is 57.7 Å². The highest BCUT2D eigenvalue weighted by molar-refractivity contribution is 7.89. The zero-order chi connectivity index (χ0) is 17.6. The summed E-state index contributed by atoms with van der Waals surface area (Å²) in [5.41, 5.74) is 0.318. The number of carbonyl (C=O) groups is 1. The van der Waals surface area contributed by atoms with E-state index in [2.05, 4.69) is 0 Å². The molecule has 23 heavy (non-hydrogen) atoms. The first-order valence-corrected chi connectivity index (χ1v) is 9.16. The average molecular weight is 370 g/mol. The number of thiophene rings is 1. The van der Waals surface area contributed by atoms with Gasteiger partial charge in [0.2, 0.25) is 10.0 Å². The molecule has 1 aromatic rings. The van der Waals surface area contributed by atoms with Crippen LogP contribution in [0.1, 0.15) is 15.2 Å². The fraction of sp³-hybridized carbons (Fsp3) is 0.615. The van der Waals surface area contributed by atoms with Gasteiger partial charge in [-0.3, -0.25) is 4.79 Å². The van der Waals surface area contributed by atoms with E-state index < -0.39 is 46.4 Å². The Hall–Kier alpha value is -1.13. The Morgan fingerprint density at radius 3 is 2.39 bits per heavy atom. The first-order chi connectivity index (χ1) is 10.5. The van der Waals surface area contributed by atoms with Crippen LogP contribution < -0.4 is 0 Å². The van der Waals surface area contributed by atoms with E-state index in [0.29, 0.717) is 10.4 Å². The monoisotopic (exact) mass is 370 g/mol. The molecule has 130 valence electrons. The van der Waals surface area contributed by atoms with Gasteiger partial charge in [-0.15, -0.1) is 11.3 Å². The Bertz CT molecular complexity index is 698. The SMILES string of the molecule is Cc1sccc1C(=O)N1C[C@@H](C(F)(F)F)[C@H](S(=O)(=O)N(C)C)C1. The van der Waals surface area contributed by atoms with Crippen LogP contribution >= 0.6 is 11.3 Å². The molecule has 2 heterocycles. The highest BCUT2D eigenvalue weighted by Crippen LogP contribution is 2.38. The molecular formula is C13H17F3N2O3S2. The maximum atomic E-state index is 13.2. The quantitative estimate of drug-likeness (QED) is 0.817. The number of amides is 1. The van der Waals surface area contributed by atoms with E-state index in [1.54, 1.807) is 18.4 Å². The highest BCUT2D eigenvalue weighted by Gasteiger charge is 2.56. The number of halogens is 3. The fourth-order valence-electron chi connectivity index (χ4n) is 2.60. The fourth-order valence-corrected chi connectivity index (χ4v) is 4.86. The van der Waals surface area contributed by atoms with E-state index in [1.807, 2.05) is 0 Å². The maximum absolute atomic E-state index is 13.2. The third-order valence-corrected chi connectivity index (χ3v) is 7.06. The van der Waals surface area contributed by atoms with E-state index >= 15 is 0 Å². The molecule has 1 aromatic heterocycles. The lowest BCUT2D eigenvalue weighted by Crippen LogP contribution is -2.43. The van der Waals surface area contributed by atoms with Gasteiger partial charge < -0.3 is 4.90 Å². The smallest absolute Gasteiger partial charge is 0.337 e. The number of hydrogen-bond acceptors (Lipinski definition) is 4. The number of alkyl halides is 3. The molecule has 0 aliphatic carbocycles. The highest BCUT2D eigenvalue weighted by atomic mass is 32.2. The van der Waals surface area contributed by atoms with Crippen LogP contribution in [0.5, 0.6) is 0 Å². The minimum Gasteiger partial charge on any atom is -0.337 e.